The van der Waals surface area contributed by atoms with Gasteiger partial charge in [0.15, 0.2) is 0 Å². The minimum Gasteiger partial charge on any atom is -0.369 e. The van der Waals surface area contributed by atoms with E-state index in [4.69, 9.17) is 0 Å². The average molecular weight is 362 g/mol. The van der Waals surface area contributed by atoms with Gasteiger partial charge in [-0.05, 0) is 49.1 Å². The highest BCUT2D eigenvalue weighted by molar-refractivity contribution is 5.81. The van der Waals surface area contributed by atoms with E-state index in [1.54, 1.807) is 0 Å². The van der Waals surface area contributed by atoms with E-state index in [-0.39, 0.29) is 11.9 Å². The Morgan fingerprint density at radius 1 is 1.22 bits per heavy atom. The zero-order valence-electron chi connectivity index (χ0n) is 16.0. The lowest BCUT2D eigenvalue weighted by atomic mass is 10.2. The average Bonchev–Trinajstić information content (AvgIpc) is 3.33. The summed E-state index contributed by atoms with van der Waals surface area (Å²) >= 11 is 0. The highest BCUT2D eigenvalue weighted by Gasteiger charge is 2.28. The van der Waals surface area contributed by atoms with Crippen LogP contribution in [0.15, 0.2) is 55.0 Å². The molecule has 140 valence electrons. The number of carbonyl (C=O) groups excluding carboxylic acids is 1. The molecule has 27 heavy (non-hydrogen) atoms. The maximum Gasteiger partial charge on any atom is 0.224 e. The van der Waals surface area contributed by atoms with Crippen LogP contribution in [0.3, 0.4) is 0 Å². The third-order valence-electron chi connectivity index (χ3n) is 5.63. The fourth-order valence-corrected chi connectivity index (χ4v) is 3.96. The second-order valence-electron chi connectivity index (χ2n) is 7.42. The Bertz CT molecular complexity index is 934. The van der Waals surface area contributed by atoms with Gasteiger partial charge in [-0.2, -0.15) is 0 Å². The first-order valence-corrected chi connectivity index (χ1v) is 9.58. The summed E-state index contributed by atoms with van der Waals surface area (Å²) in [6.45, 7) is 4.69. The fourth-order valence-electron chi connectivity index (χ4n) is 3.96. The molecule has 2 aromatic heterocycles. The molecule has 0 aliphatic carbocycles. The number of benzene rings is 1. The number of amides is 1. The molecule has 1 saturated heterocycles. The van der Waals surface area contributed by atoms with Crippen molar-refractivity contribution in [3.05, 3.63) is 60.6 Å². The molecule has 1 aliphatic rings. The maximum absolute atomic E-state index is 12.7. The zero-order valence-corrected chi connectivity index (χ0v) is 16.0. The number of nitrogens with zero attached hydrogens (tertiary/aromatic N) is 4. The van der Waals surface area contributed by atoms with E-state index in [2.05, 4.69) is 51.8 Å². The predicted molar refractivity (Wildman–Crippen MR) is 109 cm³/mol. The molecule has 1 atom stereocenters. The van der Waals surface area contributed by atoms with Crippen LogP contribution in [0, 0.1) is 6.92 Å². The number of aromatic nitrogens is 2. The molecule has 0 N–H and O–H groups in total. The number of pyridine rings is 1. The van der Waals surface area contributed by atoms with Crippen LogP contribution < -0.4 is 4.90 Å². The summed E-state index contributed by atoms with van der Waals surface area (Å²) in [7, 11) is 1.94. The van der Waals surface area contributed by atoms with Gasteiger partial charge < -0.3 is 14.4 Å². The molecule has 0 radical (unpaired) electrons. The maximum atomic E-state index is 12.7. The van der Waals surface area contributed by atoms with Crippen LogP contribution >= 0.6 is 0 Å². The molecule has 1 aromatic carbocycles. The molecular formula is C22H26N4O. The summed E-state index contributed by atoms with van der Waals surface area (Å²) < 4.78 is 2.18. The number of aryl methyl sites for hydroxylation is 2. The largest absolute Gasteiger partial charge is 0.369 e. The van der Waals surface area contributed by atoms with Gasteiger partial charge in [0.2, 0.25) is 5.91 Å². The SMILES string of the molecule is Cc1ccc2c(ccn2CCC(=O)N(C)C2CCN(c3ccncc3)C2)c1. The molecule has 1 unspecified atom stereocenters. The van der Waals surface area contributed by atoms with Gasteiger partial charge in [0, 0.05) is 62.9 Å². The van der Waals surface area contributed by atoms with E-state index in [1.165, 1.54) is 22.2 Å². The number of rotatable bonds is 5. The molecule has 0 spiro atoms. The Morgan fingerprint density at radius 3 is 2.85 bits per heavy atom. The van der Waals surface area contributed by atoms with Crippen molar-refractivity contribution in [1.29, 1.82) is 0 Å². The summed E-state index contributed by atoms with van der Waals surface area (Å²) in [5.74, 6) is 0.213. The molecule has 0 saturated carbocycles. The number of likely N-dealkylation sites (N-methyl/N-ethyl adjacent to an activating group) is 1. The van der Waals surface area contributed by atoms with E-state index >= 15 is 0 Å². The molecule has 1 fully saturated rings. The Balaban J connectivity index is 1.35. The minimum atomic E-state index is 0.213. The van der Waals surface area contributed by atoms with Gasteiger partial charge in [-0.3, -0.25) is 9.78 Å². The molecule has 3 heterocycles. The lowest BCUT2D eigenvalue weighted by Gasteiger charge is -2.25. The van der Waals surface area contributed by atoms with Gasteiger partial charge in [0.05, 0.1) is 6.04 Å². The quantitative estimate of drug-likeness (QED) is 0.698. The van der Waals surface area contributed by atoms with Crippen LogP contribution in [0.5, 0.6) is 0 Å². The van der Waals surface area contributed by atoms with E-state index < -0.39 is 0 Å². The van der Waals surface area contributed by atoms with Crippen LogP contribution in [0.4, 0.5) is 5.69 Å². The van der Waals surface area contributed by atoms with E-state index in [1.807, 2.05) is 36.5 Å². The van der Waals surface area contributed by atoms with Crippen LogP contribution in [-0.4, -0.2) is 46.5 Å². The van der Waals surface area contributed by atoms with Gasteiger partial charge in [-0.25, -0.2) is 0 Å². The molecule has 1 aliphatic heterocycles. The third kappa shape index (κ3) is 3.68. The van der Waals surface area contributed by atoms with Gasteiger partial charge in [0.25, 0.3) is 0 Å². The Labute approximate surface area is 160 Å². The number of carbonyl (C=O) groups is 1. The van der Waals surface area contributed by atoms with Crippen molar-refractivity contribution in [3.8, 4) is 0 Å². The van der Waals surface area contributed by atoms with Crippen LogP contribution in [-0.2, 0) is 11.3 Å². The Morgan fingerprint density at radius 2 is 2.04 bits per heavy atom. The smallest absolute Gasteiger partial charge is 0.224 e. The van der Waals surface area contributed by atoms with E-state index in [0.717, 1.165) is 26.1 Å². The van der Waals surface area contributed by atoms with Gasteiger partial charge in [-0.1, -0.05) is 11.6 Å². The molecule has 5 nitrogen and oxygen atoms in total. The molecular weight excluding hydrogens is 336 g/mol. The number of fused-ring (bicyclic) bond motifs is 1. The zero-order chi connectivity index (χ0) is 18.8. The normalized spacial score (nSPS) is 16.8. The molecule has 5 heteroatoms. The summed E-state index contributed by atoms with van der Waals surface area (Å²) in [5, 5.41) is 1.24. The Kier molecular flexibility index (Phi) is 4.84. The van der Waals surface area contributed by atoms with Crippen molar-refractivity contribution >= 4 is 22.5 Å². The first-order valence-electron chi connectivity index (χ1n) is 9.58. The standard InChI is InChI=1S/C22H26N4O/c1-17-3-4-21-18(15-17)7-12-25(21)14-9-22(27)24(2)20-8-13-26(16-20)19-5-10-23-11-6-19/h3-7,10-12,15,20H,8-9,13-14,16H2,1-2H3. The molecule has 1 amide bonds. The van der Waals surface area contributed by atoms with Crippen molar-refractivity contribution in [2.75, 3.05) is 25.0 Å². The molecule has 3 aromatic rings. The van der Waals surface area contributed by atoms with Crippen molar-refractivity contribution in [2.24, 2.45) is 0 Å². The van der Waals surface area contributed by atoms with Crippen molar-refractivity contribution in [3.63, 3.8) is 0 Å². The van der Waals surface area contributed by atoms with Crippen LogP contribution in [0.25, 0.3) is 10.9 Å². The topological polar surface area (TPSA) is 41.4 Å². The van der Waals surface area contributed by atoms with Gasteiger partial charge in [-0.15, -0.1) is 0 Å². The summed E-state index contributed by atoms with van der Waals surface area (Å²) in [6.07, 6.45) is 7.26. The van der Waals surface area contributed by atoms with E-state index in [0.29, 0.717) is 6.42 Å². The lowest BCUT2D eigenvalue weighted by molar-refractivity contribution is -0.131. The first-order chi connectivity index (χ1) is 13.1. The minimum absolute atomic E-state index is 0.213. The second kappa shape index (κ2) is 7.43. The predicted octanol–water partition coefficient (Wildman–Crippen LogP) is 3.47. The van der Waals surface area contributed by atoms with E-state index in [9.17, 15) is 4.79 Å². The van der Waals surface area contributed by atoms with Crippen molar-refractivity contribution in [1.82, 2.24) is 14.5 Å². The van der Waals surface area contributed by atoms with Crippen LogP contribution in [0.1, 0.15) is 18.4 Å². The fraction of sp³-hybridized carbons (Fsp3) is 0.364. The summed E-state index contributed by atoms with van der Waals surface area (Å²) in [6, 6.07) is 12.9. The van der Waals surface area contributed by atoms with Gasteiger partial charge in [0.1, 0.15) is 0 Å². The third-order valence-corrected chi connectivity index (χ3v) is 5.63. The van der Waals surface area contributed by atoms with Crippen LogP contribution in [0.2, 0.25) is 0 Å². The number of anilines is 1. The highest BCUT2D eigenvalue weighted by Crippen LogP contribution is 2.22. The van der Waals surface area contributed by atoms with Gasteiger partial charge >= 0.3 is 0 Å². The number of hydrogen-bond acceptors (Lipinski definition) is 3. The summed E-state index contributed by atoms with van der Waals surface area (Å²) in [4.78, 5) is 21.1. The molecule has 0 bridgehead atoms. The second-order valence-corrected chi connectivity index (χ2v) is 7.42. The Hall–Kier alpha value is -2.82. The molecule has 4 rings (SSSR count). The summed E-state index contributed by atoms with van der Waals surface area (Å²) in [5.41, 5.74) is 3.64. The monoisotopic (exact) mass is 362 g/mol. The van der Waals surface area contributed by atoms with Crippen molar-refractivity contribution < 1.29 is 4.79 Å². The lowest BCUT2D eigenvalue weighted by Crippen LogP contribution is -2.39. The number of hydrogen-bond donors (Lipinski definition) is 0. The van der Waals surface area contributed by atoms with Crippen molar-refractivity contribution in [2.45, 2.75) is 32.4 Å². The highest BCUT2D eigenvalue weighted by atomic mass is 16.2. The first kappa shape index (κ1) is 17.6.